The molecule has 142 valence electrons. The summed E-state index contributed by atoms with van der Waals surface area (Å²) < 4.78 is 3.33. The van der Waals surface area contributed by atoms with Crippen LogP contribution in [0.15, 0.2) is 59.7 Å². The molecule has 0 aliphatic heterocycles. The number of aryl methyl sites for hydroxylation is 2. The normalized spacial score (nSPS) is 13.4. The number of rotatable bonds is 3. The standard InChI is InChI=1S/C22H17N5OS/c28-22-26(13-14-5-2-1-3-6-14)21-18(16-7-4-8-17(16)29-21)20-24-19(25-27(20)22)15-9-11-23-12-10-15/h1-3,5-6,9-12H,4,7-8,13H2. The smallest absolute Gasteiger partial charge is 0.278 e. The van der Waals surface area contributed by atoms with Crippen molar-refractivity contribution in [2.45, 2.75) is 25.8 Å². The highest BCUT2D eigenvalue weighted by molar-refractivity contribution is 7.19. The molecule has 0 fully saturated rings. The van der Waals surface area contributed by atoms with E-state index in [1.54, 1.807) is 23.7 Å². The molecule has 4 aromatic heterocycles. The molecule has 1 aromatic carbocycles. The Kier molecular flexibility index (Phi) is 3.64. The van der Waals surface area contributed by atoms with Crippen LogP contribution in [0.5, 0.6) is 0 Å². The average molecular weight is 399 g/mol. The Labute approximate surface area is 170 Å². The summed E-state index contributed by atoms with van der Waals surface area (Å²) in [5.41, 5.74) is 3.81. The van der Waals surface area contributed by atoms with Crippen LogP contribution < -0.4 is 5.69 Å². The number of fused-ring (bicyclic) bond motifs is 5. The highest BCUT2D eigenvalue weighted by Crippen LogP contribution is 2.38. The molecule has 7 heteroatoms. The molecule has 6 rings (SSSR count). The fraction of sp³-hybridized carbons (Fsp3) is 0.182. The average Bonchev–Trinajstić information content (AvgIpc) is 3.47. The molecule has 0 bridgehead atoms. The highest BCUT2D eigenvalue weighted by Gasteiger charge is 2.25. The zero-order valence-corrected chi connectivity index (χ0v) is 16.4. The summed E-state index contributed by atoms with van der Waals surface area (Å²) in [5, 5.41) is 5.68. The van der Waals surface area contributed by atoms with Crippen molar-refractivity contribution >= 4 is 27.2 Å². The van der Waals surface area contributed by atoms with E-state index in [1.165, 1.54) is 15.0 Å². The Morgan fingerprint density at radius 2 is 1.86 bits per heavy atom. The summed E-state index contributed by atoms with van der Waals surface area (Å²) in [7, 11) is 0. The maximum atomic E-state index is 13.4. The SMILES string of the molecule is O=c1n(Cc2ccccc2)c2sc3c(c2c2nc(-c4ccncc4)nn12)CCC3. The topological polar surface area (TPSA) is 65.1 Å². The van der Waals surface area contributed by atoms with Crippen molar-refractivity contribution in [1.29, 1.82) is 0 Å². The minimum Gasteiger partial charge on any atom is -0.278 e. The molecule has 0 spiro atoms. The van der Waals surface area contributed by atoms with Gasteiger partial charge in [-0.25, -0.2) is 9.78 Å². The molecule has 29 heavy (non-hydrogen) atoms. The van der Waals surface area contributed by atoms with Gasteiger partial charge in [0.15, 0.2) is 11.5 Å². The molecule has 0 N–H and O–H groups in total. The monoisotopic (exact) mass is 399 g/mol. The van der Waals surface area contributed by atoms with Crippen LogP contribution in [0.3, 0.4) is 0 Å². The van der Waals surface area contributed by atoms with E-state index < -0.39 is 0 Å². The van der Waals surface area contributed by atoms with E-state index in [2.05, 4.69) is 10.1 Å². The Hall–Kier alpha value is -3.32. The van der Waals surface area contributed by atoms with Crippen LogP contribution in [-0.2, 0) is 19.4 Å². The van der Waals surface area contributed by atoms with E-state index in [0.717, 1.165) is 40.6 Å². The van der Waals surface area contributed by atoms with Gasteiger partial charge >= 0.3 is 5.69 Å². The molecule has 0 atom stereocenters. The Morgan fingerprint density at radius 3 is 2.69 bits per heavy atom. The third kappa shape index (κ3) is 2.54. The lowest BCUT2D eigenvalue weighted by Crippen LogP contribution is -2.28. The summed E-state index contributed by atoms with van der Waals surface area (Å²) in [6.07, 6.45) is 6.70. The summed E-state index contributed by atoms with van der Waals surface area (Å²) in [6, 6.07) is 13.8. The maximum absolute atomic E-state index is 13.4. The van der Waals surface area contributed by atoms with Crippen molar-refractivity contribution in [3.8, 4) is 11.4 Å². The zero-order valence-electron chi connectivity index (χ0n) is 15.6. The molecular weight excluding hydrogens is 382 g/mol. The second-order valence-corrected chi connectivity index (χ2v) is 8.38. The second kappa shape index (κ2) is 6.35. The first-order chi connectivity index (χ1) is 14.3. The molecule has 0 unspecified atom stereocenters. The first-order valence-corrected chi connectivity index (χ1v) is 10.5. The van der Waals surface area contributed by atoms with E-state index in [0.29, 0.717) is 18.0 Å². The fourth-order valence-corrected chi connectivity index (χ4v) is 5.52. The van der Waals surface area contributed by atoms with Gasteiger partial charge in [0.1, 0.15) is 4.83 Å². The molecule has 1 aliphatic rings. The van der Waals surface area contributed by atoms with E-state index in [9.17, 15) is 4.79 Å². The van der Waals surface area contributed by atoms with Crippen LogP contribution in [0.4, 0.5) is 0 Å². The quantitative estimate of drug-likeness (QED) is 0.464. The van der Waals surface area contributed by atoms with E-state index >= 15 is 0 Å². The van der Waals surface area contributed by atoms with Gasteiger partial charge in [0.25, 0.3) is 0 Å². The number of thiophene rings is 1. The van der Waals surface area contributed by atoms with Gasteiger partial charge in [-0.1, -0.05) is 30.3 Å². The number of nitrogens with zero attached hydrogens (tertiary/aromatic N) is 5. The van der Waals surface area contributed by atoms with Crippen LogP contribution in [0.25, 0.3) is 27.3 Å². The van der Waals surface area contributed by atoms with Crippen LogP contribution in [0.2, 0.25) is 0 Å². The molecule has 1 aliphatic carbocycles. The van der Waals surface area contributed by atoms with E-state index in [4.69, 9.17) is 4.98 Å². The lowest BCUT2D eigenvalue weighted by atomic mass is 10.2. The predicted octanol–water partition coefficient (Wildman–Crippen LogP) is 3.70. The van der Waals surface area contributed by atoms with E-state index in [-0.39, 0.29) is 5.69 Å². The minimum absolute atomic E-state index is 0.149. The molecular formula is C22H17N5OS. The maximum Gasteiger partial charge on any atom is 0.352 e. The minimum atomic E-state index is -0.149. The number of aromatic nitrogens is 5. The largest absolute Gasteiger partial charge is 0.352 e. The van der Waals surface area contributed by atoms with Gasteiger partial charge in [-0.3, -0.25) is 9.55 Å². The van der Waals surface area contributed by atoms with Gasteiger partial charge in [-0.05, 0) is 42.5 Å². The third-order valence-electron chi connectivity index (χ3n) is 5.51. The van der Waals surface area contributed by atoms with Gasteiger partial charge in [-0.15, -0.1) is 16.4 Å². The van der Waals surface area contributed by atoms with Crippen molar-refractivity contribution in [1.82, 2.24) is 24.1 Å². The van der Waals surface area contributed by atoms with Crippen molar-refractivity contribution in [3.05, 3.63) is 81.3 Å². The number of hydrogen-bond acceptors (Lipinski definition) is 5. The lowest BCUT2D eigenvalue weighted by Gasteiger charge is -2.09. The zero-order chi connectivity index (χ0) is 19.4. The van der Waals surface area contributed by atoms with Crippen molar-refractivity contribution < 1.29 is 0 Å². The summed E-state index contributed by atoms with van der Waals surface area (Å²) in [6.45, 7) is 0.524. The number of benzene rings is 1. The Balaban J connectivity index is 1.67. The highest BCUT2D eigenvalue weighted by atomic mass is 32.1. The van der Waals surface area contributed by atoms with Crippen molar-refractivity contribution in [2.75, 3.05) is 0 Å². The van der Waals surface area contributed by atoms with Crippen molar-refractivity contribution in [3.63, 3.8) is 0 Å². The molecule has 6 nitrogen and oxygen atoms in total. The Bertz CT molecular complexity index is 1420. The summed E-state index contributed by atoms with van der Waals surface area (Å²) >= 11 is 1.74. The third-order valence-corrected chi connectivity index (χ3v) is 6.83. The van der Waals surface area contributed by atoms with Gasteiger partial charge in [-0.2, -0.15) is 4.52 Å². The summed E-state index contributed by atoms with van der Waals surface area (Å²) in [5.74, 6) is 0.557. The van der Waals surface area contributed by atoms with Crippen LogP contribution in [-0.4, -0.2) is 24.1 Å². The fourth-order valence-electron chi connectivity index (χ4n) is 4.15. The molecule has 0 amide bonds. The van der Waals surface area contributed by atoms with Gasteiger partial charge in [0, 0.05) is 22.8 Å². The van der Waals surface area contributed by atoms with Crippen molar-refractivity contribution in [2.24, 2.45) is 0 Å². The van der Waals surface area contributed by atoms with Gasteiger partial charge < -0.3 is 0 Å². The Morgan fingerprint density at radius 1 is 1.03 bits per heavy atom. The predicted molar refractivity (Wildman–Crippen MR) is 113 cm³/mol. The first kappa shape index (κ1) is 16.6. The van der Waals surface area contributed by atoms with E-state index in [1.807, 2.05) is 47.0 Å². The van der Waals surface area contributed by atoms with Crippen LogP contribution in [0.1, 0.15) is 22.4 Å². The number of pyridine rings is 1. The van der Waals surface area contributed by atoms with Crippen LogP contribution in [0, 0.1) is 0 Å². The molecule has 4 heterocycles. The summed E-state index contributed by atoms with van der Waals surface area (Å²) in [4.78, 5) is 24.7. The number of hydrogen-bond donors (Lipinski definition) is 0. The van der Waals surface area contributed by atoms with Gasteiger partial charge in [0.2, 0.25) is 0 Å². The molecule has 0 radical (unpaired) electrons. The lowest BCUT2D eigenvalue weighted by molar-refractivity contribution is 0.720. The molecule has 5 aromatic rings. The molecule has 0 saturated heterocycles. The van der Waals surface area contributed by atoms with Gasteiger partial charge in [0.05, 0.1) is 11.9 Å². The molecule has 0 saturated carbocycles. The van der Waals surface area contributed by atoms with Crippen LogP contribution >= 0.6 is 11.3 Å². The second-order valence-electron chi connectivity index (χ2n) is 7.30. The first-order valence-electron chi connectivity index (χ1n) is 9.68.